The highest BCUT2D eigenvalue weighted by molar-refractivity contribution is 6.30. The molecule has 3 aromatic rings. The van der Waals surface area contributed by atoms with Gasteiger partial charge in [-0.3, -0.25) is 14.4 Å². The van der Waals surface area contributed by atoms with Gasteiger partial charge in [-0.2, -0.15) is 0 Å². The first-order valence-corrected chi connectivity index (χ1v) is 14.9. The average Bonchev–Trinajstić information content (AvgIpc) is 2.99. The fourth-order valence-corrected chi connectivity index (χ4v) is 4.94. The van der Waals surface area contributed by atoms with Gasteiger partial charge in [0.05, 0.1) is 19.6 Å². The minimum absolute atomic E-state index is 0.136. The molecular formula is C33H37Cl2FN2O5. The van der Waals surface area contributed by atoms with E-state index in [1.54, 1.807) is 21.9 Å². The Bertz CT molecular complexity index is 1250. The van der Waals surface area contributed by atoms with Crippen LogP contribution in [0.25, 0.3) is 0 Å². The van der Waals surface area contributed by atoms with Crippen molar-refractivity contribution in [3.63, 3.8) is 0 Å². The Kier molecular flexibility index (Phi) is 13.9. The van der Waals surface area contributed by atoms with Crippen LogP contribution < -0.4 is 0 Å². The van der Waals surface area contributed by atoms with Crippen molar-refractivity contribution in [1.82, 2.24) is 9.80 Å². The molecule has 0 bridgehead atoms. The Balaban J connectivity index is 0.000000293. The predicted octanol–water partition coefficient (Wildman–Crippen LogP) is 6.08. The van der Waals surface area contributed by atoms with E-state index in [4.69, 9.17) is 32.7 Å². The van der Waals surface area contributed by atoms with Gasteiger partial charge in [0.2, 0.25) is 5.91 Å². The highest BCUT2D eigenvalue weighted by Gasteiger charge is 2.43. The number of benzene rings is 3. The van der Waals surface area contributed by atoms with E-state index in [2.05, 4.69) is 0 Å². The summed E-state index contributed by atoms with van der Waals surface area (Å²) in [4.78, 5) is 40.9. The third kappa shape index (κ3) is 10.6. The molecule has 3 aromatic carbocycles. The Morgan fingerprint density at radius 3 is 1.98 bits per heavy atom. The van der Waals surface area contributed by atoms with Gasteiger partial charge >= 0.3 is 5.97 Å². The number of halogens is 3. The van der Waals surface area contributed by atoms with Crippen molar-refractivity contribution >= 4 is 41.0 Å². The van der Waals surface area contributed by atoms with Crippen LogP contribution in [0.1, 0.15) is 25.3 Å². The first-order valence-electron chi connectivity index (χ1n) is 14.2. The van der Waals surface area contributed by atoms with Gasteiger partial charge in [-0.25, -0.2) is 4.39 Å². The van der Waals surface area contributed by atoms with Crippen molar-refractivity contribution in [2.24, 2.45) is 5.92 Å². The van der Waals surface area contributed by atoms with Crippen LogP contribution in [-0.4, -0.2) is 73.1 Å². The standard InChI is InChI=1S/C21H27FN2O5.2C6H5Cl/c1-3-4-17(19(25)23-12-15(13-23)21(27)28-2)24-9-10-29-18(20(24)26)11-14-5-7-16(22)8-6-14;2*7-6-4-2-1-3-5-6/h5-8,15,17-18H,3-4,9-13H2,1-2H3;2*1-5H. The van der Waals surface area contributed by atoms with Crippen LogP contribution in [0.4, 0.5) is 4.39 Å². The number of rotatable bonds is 7. The maximum Gasteiger partial charge on any atom is 0.312 e. The topological polar surface area (TPSA) is 76.2 Å². The molecule has 0 radical (unpaired) electrons. The number of carbonyl (C=O) groups is 3. The smallest absolute Gasteiger partial charge is 0.312 e. The van der Waals surface area contributed by atoms with Gasteiger partial charge < -0.3 is 19.3 Å². The van der Waals surface area contributed by atoms with Gasteiger partial charge in [0, 0.05) is 36.1 Å². The maximum atomic E-state index is 13.1. The summed E-state index contributed by atoms with van der Waals surface area (Å²) in [5.41, 5.74) is 0.800. The van der Waals surface area contributed by atoms with Crippen LogP contribution in [0.2, 0.25) is 10.0 Å². The lowest BCUT2D eigenvalue weighted by Gasteiger charge is -2.43. The molecule has 2 atom stereocenters. The third-order valence-corrected chi connectivity index (χ3v) is 7.47. The highest BCUT2D eigenvalue weighted by atomic mass is 35.5. The number of ether oxygens (including phenoxy) is 2. The summed E-state index contributed by atoms with van der Waals surface area (Å²) >= 11 is 11.1. The van der Waals surface area contributed by atoms with Gasteiger partial charge in [0.25, 0.3) is 5.91 Å². The number of morpholine rings is 1. The zero-order valence-electron chi connectivity index (χ0n) is 24.3. The van der Waals surface area contributed by atoms with E-state index in [0.29, 0.717) is 39.1 Å². The quantitative estimate of drug-likeness (QED) is 0.296. The Morgan fingerprint density at radius 1 is 0.953 bits per heavy atom. The van der Waals surface area contributed by atoms with Gasteiger partial charge in [0.1, 0.15) is 18.0 Å². The van der Waals surface area contributed by atoms with Crippen LogP contribution in [-0.2, 0) is 30.3 Å². The van der Waals surface area contributed by atoms with Gasteiger partial charge in [0.15, 0.2) is 0 Å². The number of esters is 1. The SMILES string of the molecule is CCCC(C(=O)N1CC(C(=O)OC)C1)N1CCOC(Cc2ccc(F)cc2)C1=O.Clc1ccccc1.Clc1ccccc1. The van der Waals surface area contributed by atoms with E-state index >= 15 is 0 Å². The van der Waals surface area contributed by atoms with Crippen molar-refractivity contribution in [1.29, 1.82) is 0 Å². The lowest BCUT2D eigenvalue weighted by Crippen LogP contribution is -2.62. The maximum absolute atomic E-state index is 13.1. The minimum atomic E-state index is -0.694. The minimum Gasteiger partial charge on any atom is -0.469 e. The van der Waals surface area contributed by atoms with Gasteiger partial charge in [-0.15, -0.1) is 0 Å². The lowest BCUT2D eigenvalue weighted by molar-refractivity contribution is -0.167. The van der Waals surface area contributed by atoms with E-state index in [0.717, 1.165) is 22.0 Å². The molecule has 7 nitrogen and oxygen atoms in total. The molecule has 2 saturated heterocycles. The summed E-state index contributed by atoms with van der Waals surface area (Å²) in [6, 6.07) is 24.3. The molecule has 0 aromatic heterocycles. The fourth-order valence-electron chi connectivity index (χ4n) is 4.65. The molecule has 2 fully saturated rings. The fraction of sp³-hybridized carbons (Fsp3) is 0.364. The summed E-state index contributed by atoms with van der Waals surface area (Å²) in [7, 11) is 1.33. The van der Waals surface area contributed by atoms with Crippen molar-refractivity contribution in [3.05, 3.63) is 106 Å². The van der Waals surface area contributed by atoms with E-state index in [-0.39, 0.29) is 29.5 Å². The molecule has 0 saturated carbocycles. The molecule has 2 heterocycles. The largest absolute Gasteiger partial charge is 0.469 e. The normalized spacial score (nSPS) is 17.0. The lowest BCUT2D eigenvalue weighted by atomic mass is 9.97. The monoisotopic (exact) mass is 630 g/mol. The number of amides is 2. The second-order valence-corrected chi connectivity index (χ2v) is 11.0. The highest BCUT2D eigenvalue weighted by Crippen LogP contribution is 2.24. The molecule has 10 heteroatoms. The molecule has 2 unspecified atom stereocenters. The van der Waals surface area contributed by atoms with Gasteiger partial charge in [-0.05, 0) is 48.4 Å². The molecule has 230 valence electrons. The van der Waals surface area contributed by atoms with Crippen molar-refractivity contribution < 1.29 is 28.2 Å². The van der Waals surface area contributed by atoms with Crippen molar-refractivity contribution in [2.75, 3.05) is 33.4 Å². The third-order valence-electron chi connectivity index (χ3n) is 6.96. The predicted molar refractivity (Wildman–Crippen MR) is 165 cm³/mol. The molecule has 0 N–H and O–H groups in total. The van der Waals surface area contributed by atoms with E-state index in [1.807, 2.05) is 67.6 Å². The summed E-state index contributed by atoms with van der Waals surface area (Å²) in [5, 5.41) is 1.59. The van der Waals surface area contributed by atoms with Crippen LogP contribution in [0.5, 0.6) is 0 Å². The molecule has 2 amide bonds. The summed E-state index contributed by atoms with van der Waals surface area (Å²) in [6.45, 7) is 3.31. The first-order chi connectivity index (χ1) is 20.7. The van der Waals surface area contributed by atoms with Crippen LogP contribution in [0.3, 0.4) is 0 Å². The Labute approximate surface area is 262 Å². The second kappa shape index (κ2) is 17.6. The summed E-state index contributed by atoms with van der Waals surface area (Å²) in [6.07, 6.45) is 0.933. The summed E-state index contributed by atoms with van der Waals surface area (Å²) < 4.78 is 23.5. The van der Waals surface area contributed by atoms with Crippen LogP contribution in [0, 0.1) is 11.7 Å². The molecule has 2 aliphatic rings. The van der Waals surface area contributed by atoms with E-state index < -0.39 is 12.1 Å². The second-order valence-electron chi connectivity index (χ2n) is 10.1. The van der Waals surface area contributed by atoms with E-state index in [9.17, 15) is 18.8 Å². The number of carbonyl (C=O) groups excluding carboxylic acids is 3. The number of methoxy groups -OCH3 is 1. The molecule has 43 heavy (non-hydrogen) atoms. The van der Waals surface area contributed by atoms with Crippen molar-refractivity contribution in [3.8, 4) is 0 Å². The number of hydrogen-bond acceptors (Lipinski definition) is 5. The zero-order valence-corrected chi connectivity index (χ0v) is 25.8. The molecule has 5 rings (SSSR count). The van der Waals surface area contributed by atoms with E-state index in [1.165, 1.54) is 19.2 Å². The molecule has 2 aliphatic heterocycles. The number of hydrogen-bond donors (Lipinski definition) is 0. The molecular weight excluding hydrogens is 594 g/mol. The molecule has 0 aliphatic carbocycles. The number of likely N-dealkylation sites (tertiary alicyclic amines) is 1. The Hall–Kier alpha value is -3.46. The van der Waals surface area contributed by atoms with Gasteiger partial charge in [-0.1, -0.05) is 85.1 Å². The number of nitrogens with zero attached hydrogens (tertiary/aromatic N) is 2. The first kappa shape index (κ1) is 34.0. The Morgan fingerprint density at radius 2 is 1.51 bits per heavy atom. The van der Waals surface area contributed by atoms with Crippen molar-refractivity contribution in [2.45, 2.75) is 38.3 Å². The van der Waals surface area contributed by atoms with Crippen LogP contribution >= 0.6 is 23.2 Å². The van der Waals surface area contributed by atoms with Crippen LogP contribution in [0.15, 0.2) is 84.9 Å². The zero-order chi connectivity index (χ0) is 31.2. The average molecular weight is 632 g/mol. The summed E-state index contributed by atoms with van der Waals surface area (Å²) in [5.74, 6) is -1.30. The molecule has 0 spiro atoms.